The highest BCUT2D eigenvalue weighted by Gasteiger charge is 2.31. The largest absolute Gasteiger partial charge is 0.508 e. The fraction of sp³-hybridized carbons (Fsp3) is 0.278. The summed E-state index contributed by atoms with van der Waals surface area (Å²) >= 11 is 1.45. The first-order valence-electron chi connectivity index (χ1n) is 15.9. The van der Waals surface area contributed by atoms with E-state index in [1.165, 1.54) is 23.9 Å². The Morgan fingerprint density at radius 1 is 0.714 bits per heavy atom. The third-order valence-electron chi connectivity index (χ3n) is 8.42. The van der Waals surface area contributed by atoms with Gasteiger partial charge in [-0.3, -0.25) is 14.4 Å². The van der Waals surface area contributed by atoms with Crippen LogP contribution in [0.5, 0.6) is 5.75 Å². The second kappa shape index (κ2) is 16.2. The monoisotopic (exact) mass is 684 g/mol. The van der Waals surface area contributed by atoms with E-state index in [-0.39, 0.29) is 31.4 Å². The van der Waals surface area contributed by atoms with Crippen molar-refractivity contribution in [3.63, 3.8) is 0 Å². The molecule has 0 aliphatic carbocycles. The van der Waals surface area contributed by atoms with Gasteiger partial charge in [0.15, 0.2) is 0 Å². The van der Waals surface area contributed by atoms with Crippen LogP contribution in [0.25, 0.3) is 21.8 Å². The third kappa shape index (κ3) is 9.00. The molecular weight excluding hydrogens is 644 g/mol. The van der Waals surface area contributed by atoms with Crippen LogP contribution >= 0.6 is 11.8 Å². The molecule has 2 heterocycles. The molecule has 5 aromatic rings. The van der Waals surface area contributed by atoms with Gasteiger partial charge in [0.2, 0.25) is 17.7 Å². The van der Waals surface area contributed by atoms with Crippen LogP contribution in [0.4, 0.5) is 0 Å². The molecule has 5 rings (SSSR count). The number of H-pyrrole nitrogens is 2. The molecule has 9 N–H and O–H groups in total. The molecule has 3 amide bonds. The predicted molar refractivity (Wildman–Crippen MR) is 190 cm³/mol. The molecule has 49 heavy (non-hydrogen) atoms. The Morgan fingerprint density at radius 2 is 1.22 bits per heavy atom. The van der Waals surface area contributed by atoms with E-state index in [2.05, 4.69) is 25.9 Å². The number of carboxylic acid groups (broad SMARTS) is 1. The third-order valence-corrected chi connectivity index (χ3v) is 9.06. The number of fused-ring (bicyclic) bond motifs is 2. The summed E-state index contributed by atoms with van der Waals surface area (Å²) in [4.78, 5) is 59.6. The number of amides is 3. The Kier molecular flexibility index (Phi) is 11.6. The fourth-order valence-electron chi connectivity index (χ4n) is 5.75. The number of hydrogen-bond donors (Lipinski definition) is 8. The Balaban J connectivity index is 1.39. The van der Waals surface area contributed by atoms with Crippen molar-refractivity contribution < 1.29 is 29.4 Å². The normalized spacial score (nSPS) is 13.8. The van der Waals surface area contributed by atoms with Gasteiger partial charge < -0.3 is 41.9 Å². The lowest BCUT2D eigenvalue weighted by Crippen LogP contribution is -2.58. The zero-order valence-corrected chi connectivity index (χ0v) is 27.8. The van der Waals surface area contributed by atoms with Gasteiger partial charge in [0, 0.05) is 47.0 Å². The second-order valence-corrected chi connectivity index (χ2v) is 12.9. The number of aromatic amines is 2. The molecule has 0 saturated carbocycles. The smallest absolute Gasteiger partial charge is 0.326 e. The second-order valence-electron chi connectivity index (χ2n) is 11.9. The van der Waals surface area contributed by atoms with Gasteiger partial charge in [-0.25, -0.2) is 4.79 Å². The van der Waals surface area contributed by atoms with Crippen LogP contribution in [0.3, 0.4) is 0 Å². The van der Waals surface area contributed by atoms with Gasteiger partial charge in [0.25, 0.3) is 0 Å². The summed E-state index contributed by atoms with van der Waals surface area (Å²) in [7, 11) is 0. The van der Waals surface area contributed by atoms with E-state index in [0.29, 0.717) is 11.3 Å². The topological polar surface area (TPSA) is 202 Å². The van der Waals surface area contributed by atoms with Crippen molar-refractivity contribution in [2.24, 2.45) is 5.73 Å². The molecular formula is C36H40N6O6S. The number of aromatic nitrogens is 2. The minimum atomic E-state index is -1.20. The van der Waals surface area contributed by atoms with Crippen LogP contribution < -0.4 is 21.7 Å². The minimum absolute atomic E-state index is 0.000545. The van der Waals surface area contributed by atoms with Gasteiger partial charge in [-0.1, -0.05) is 48.5 Å². The van der Waals surface area contributed by atoms with E-state index in [4.69, 9.17) is 5.73 Å². The summed E-state index contributed by atoms with van der Waals surface area (Å²) in [5.74, 6) is -2.54. The Hall–Kier alpha value is -5.27. The minimum Gasteiger partial charge on any atom is -0.508 e. The number of nitrogens with two attached hydrogens (primary N) is 1. The molecule has 0 aliphatic heterocycles. The number of benzene rings is 3. The Morgan fingerprint density at radius 3 is 1.80 bits per heavy atom. The van der Waals surface area contributed by atoms with E-state index < -0.39 is 47.9 Å². The van der Waals surface area contributed by atoms with Crippen LogP contribution in [0.1, 0.15) is 23.1 Å². The average Bonchev–Trinajstić information content (AvgIpc) is 3.70. The van der Waals surface area contributed by atoms with Gasteiger partial charge in [0.05, 0.1) is 6.04 Å². The highest BCUT2D eigenvalue weighted by Crippen LogP contribution is 2.21. The molecule has 3 aromatic carbocycles. The van der Waals surface area contributed by atoms with Crippen LogP contribution in [0.2, 0.25) is 0 Å². The first-order valence-corrected chi connectivity index (χ1v) is 17.3. The lowest BCUT2D eigenvalue weighted by atomic mass is 10.0. The first-order chi connectivity index (χ1) is 23.6. The van der Waals surface area contributed by atoms with Gasteiger partial charge in [0.1, 0.15) is 23.9 Å². The van der Waals surface area contributed by atoms with Crippen molar-refractivity contribution in [2.75, 3.05) is 12.0 Å². The Bertz CT molecular complexity index is 1920. The zero-order chi connectivity index (χ0) is 34.9. The van der Waals surface area contributed by atoms with E-state index in [9.17, 15) is 29.4 Å². The highest BCUT2D eigenvalue weighted by atomic mass is 32.2. The molecule has 0 bridgehead atoms. The number of aliphatic carboxylic acids is 1. The highest BCUT2D eigenvalue weighted by molar-refractivity contribution is 7.98. The number of rotatable bonds is 16. The number of nitrogens with one attached hydrogen (secondary N) is 5. The van der Waals surface area contributed by atoms with Crippen molar-refractivity contribution in [1.82, 2.24) is 25.9 Å². The average molecular weight is 685 g/mol. The van der Waals surface area contributed by atoms with Gasteiger partial charge >= 0.3 is 5.97 Å². The Labute approximate surface area is 287 Å². The molecule has 0 fully saturated rings. The number of carboxylic acids is 1. The van der Waals surface area contributed by atoms with Crippen LogP contribution in [0.15, 0.2) is 85.2 Å². The maximum atomic E-state index is 14.1. The zero-order valence-electron chi connectivity index (χ0n) is 26.9. The number of carbonyl (C=O) groups excluding carboxylic acids is 3. The molecule has 2 aromatic heterocycles. The molecule has 0 saturated heterocycles. The molecule has 0 spiro atoms. The summed E-state index contributed by atoms with van der Waals surface area (Å²) in [6.07, 6.45) is 5.91. The van der Waals surface area contributed by atoms with E-state index in [1.54, 1.807) is 18.3 Å². The summed E-state index contributed by atoms with van der Waals surface area (Å²) < 4.78 is 0. The standard InChI is InChI=1S/C36H40N6O6S/c1-49-15-14-30(36(47)48)40-34(45)31(16-21-10-12-24(43)13-11-21)42-35(46)32(18-23-20-39-29-9-5-3-7-26(23)29)41-33(44)27(37)17-22-19-38-28-8-4-2-6-25(22)28/h2-13,19-20,27,30-32,38-39,43H,14-18,37H2,1H3,(H,40,45)(H,41,44)(H,42,46)(H,47,48). The molecule has 0 aliphatic rings. The quantitative estimate of drug-likeness (QED) is 0.0775. The number of para-hydroxylation sites is 2. The van der Waals surface area contributed by atoms with E-state index in [1.807, 2.05) is 61.0 Å². The molecule has 4 atom stereocenters. The van der Waals surface area contributed by atoms with Crippen molar-refractivity contribution in [1.29, 1.82) is 0 Å². The summed E-state index contributed by atoms with van der Waals surface area (Å²) in [6, 6.07) is 16.9. The van der Waals surface area contributed by atoms with E-state index >= 15 is 0 Å². The maximum Gasteiger partial charge on any atom is 0.326 e. The van der Waals surface area contributed by atoms with Crippen molar-refractivity contribution in [2.45, 2.75) is 49.9 Å². The number of aromatic hydroxyl groups is 1. The number of phenols is 1. The van der Waals surface area contributed by atoms with Crippen LogP contribution in [-0.2, 0) is 38.4 Å². The van der Waals surface area contributed by atoms with Crippen LogP contribution in [-0.4, -0.2) is 80.0 Å². The molecule has 256 valence electrons. The lowest BCUT2D eigenvalue weighted by molar-refractivity contribution is -0.142. The van der Waals surface area contributed by atoms with Crippen molar-refractivity contribution in [3.8, 4) is 5.75 Å². The maximum absolute atomic E-state index is 14.1. The molecule has 12 nitrogen and oxygen atoms in total. The summed E-state index contributed by atoms with van der Waals surface area (Å²) in [6.45, 7) is 0. The molecule has 0 radical (unpaired) electrons. The van der Waals surface area contributed by atoms with Gasteiger partial charge in [-0.05, 0) is 65.8 Å². The number of thioether (sulfide) groups is 1. The van der Waals surface area contributed by atoms with Crippen molar-refractivity contribution >= 4 is 57.3 Å². The molecule has 4 unspecified atom stereocenters. The van der Waals surface area contributed by atoms with Crippen LogP contribution in [0, 0.1) is 0 Å². The number of hydrogen-bond acceptors (Lipinski definition) is 7. The first kappa shape index (κ1) is 35.0. The number of carbonyl (C=O) groups is 4. The summed E-state index contributed by atoms with van der Waals surface area (Å²) in [5.41, 5.74) is 10.4. The SMILES string of the molecule is CSCCC(NC(=O)C(Cc1ccc(O)cc1)NC(=O)C(Cc1c[nH]c2ccccc12)NC(=O)C(N)Cc1c[nH]c2ccccc12)C(=O)O. The van der Waals surface area contributed by atoms with Crippen molar-refractivity contribution in [3.05, 3.63) is 102 Å². The van der Waals surface area contributed by atoms with E-state index in [0.717, 1.165) is 32.9 Å². The summed E-state index contributed by atoms with van der Waals surface area (Å²) in [5, 5.41) is 29.5. The lowest BCUT2D eigenvalue weighted by Gasteiger charge is -2.25. The molecule has 13 heteroatoms. The predicted octanol–water partition coefficient (Wildman–Crippen LogP) is 3.00. The number of phenolic OH excluding ortho intramolecular Hbond substituents is 1. The van der Waals surface area contributed by atoms with Gasteiger partial charge in [-0.15, -0.1) is 0 Å². The van der Waals surface area contributed by atoms with Gasteiger partial charge in [-0.2, -0.15) is 11.8 Å². The fourth-order valence-corrected chi connectivity index (χ4v) is 6.22.